The van der Waals surface area contributed by atoms with Crippen LogP contribution < -0.4 is 0 Å². The fourth-order valence-corrected chi connectivity index (χ4v) is 4.21. The summed E-state index contributed by atoms with van der Waals surface area (Å²) in [6, 6.07) is 5.64. The standard InChI is InChI=1S/C17H23NO5S/c1-3-18(4-2)24(21,22)14-11-9-13(10-12-14)17(20)23-16-8-6-5-7-15(16)19/h9-12,16H,3-8H2,1-2H3/t16-/m1/s1. The molecule has 132 valence electrons. The van der Waals surface area contributed by atoms with Gasteiger partial charge in [-0.2, -0.15) is 4.31 Å². The minimum Gasteiger partial charge on any atom is -0.451 e. The Bertz CT molecular complexity index is 692. The molecule has 1 fully saturated rings. The molecule has 0 N–H and O–H groups in total. The molecule has 0 aromatic heterocycles. The summed E-state index contributed by atoms with van der Waals surface area (Å²) in [5.41, 5.74) is 0.242. The smallest absolute Gasteiger partial charge is 0.338 e. The highest BCUT2D eigenvalue weighted by molar-refractivity contribution is 7.89. The molecule has 0 amide bonds. The molecule has 1 saturated carbocycles. The number of hydrogen-bond acceptors (Lipinski definition) is 5. The summed E-state index contributed by atoms with van der Waals surface area (Å²) in [5.74, 6) is -0.641. The van der Waals surface area contributed by atoms with Crippen molar-refractivity contribution in [2.75, 3.05) is 13.1 Å². The number of sulfonamides is 1. The average molecular weight is 353 g/mol. The summed E-state index contributed by atoms with van der Waals surface area (Å²) in [6.07, 6.45) is 2.03. The van der Waals surface area contributed by atoms with Gasteiger partial charge >= 0.3 is 5.97 Å². The van der Waals surface area contributed by atoms with E-state index in [1.165, 1.54) is 28.6 Å². The second kappa shape index (κ2) is 7.90. The van der Waals surface area contributed by atoms with Gasteiger partial charge in [0.05, 0.1) is 10.5 Å². The maximum atomic E-state index is 12.4. The van der Waals surface area contributed by atoms with Crippen LogP contribution in [0.25, 0.3) is 0 Å². The van der Waals surface area contributed by atoms with E-state index in [0.717, 1.165) is 12.8 Å². The Morgan fingerprint density at radius 2 is 1.79 bits per heavy atom. The monoisotopic (exact) mass is 353 g/mol. The van der Waals surface area contributed by atoms with Crippen LogP contribution in [0, 0.1) is 0 Å². The number of nitrogens with zero attached hydrogens (tertiary/aromatic N) is 1. The van der Waals surface area contributed by atoms with E-state index in [-0.39, 0.29) is 16.2 Å². The van der Waals surface area contributed by atoms with Crippen molar-refractivity contribution in [3.63, 3.8) is 0 Å². The lowest BCUT2D eigenvalue weighted by atomic mass is 9.96. The Kier molecular flexibility index (Phi) is 6.12. The van der Waals surface area contributed by atoms with Crippen molar-refractivity contribution in [1.29, 1.82) is 0 Å². The van der Waals surface area contributed by atoms with Crippen LogP contribution in [0.1, 0.15) is 49.9 Å². The highest BCUT2D eigenvalue weighted by Crippen LogP contribution is 2.20. The Labute approximate surface area is 142 Å². The van der Waals surface area contributed by atoms with Gasteiger partial charge in [-0.05, 0) is 43.5 Å². The van der Waals surface area contributed by atoms with Gasteiger partial charge in [0, 0.05) is 19.5 Å². The number of esters is 1. The average Bonchev–Trinajstić information content (AvgIpc) is 2.58. The van der Waals surface area contributed by atoms with Gasteiger partial charge in [-0.25, -0.2) is 13.2 Å². The van der Waals surface area contributed by atoms with E-state index in [4.69, 9.17) is 4.74 Å². The van der Waals surface area contributed by atoms with Crippen molar-refractivity contribution in [2.24, 2.45) is 0 Å². The fourth-order valence-electron chi connectivity index (χ4n) is 2.75. The Hall–Kier alpha value is -1.73. The maximum absolute atomic E-state index is 12.4. The normalized spacial score (nSPS) is 18.6. The van der Waals surface area contributed by atoms with Crippen LogP contribution in [0.15, 0.2) is 29.2 Å². The zero-order valence-electron chi connectivity index (χ0n) is 14.0. The number of carbonyl (C=O) groups excluding carboxylic acids is 2. The molecule has 0 bridgehead atoms. The van der Waals surface area contributed by atoms with E-state index in [2.05, 4.69) is 0 Å². The van der Waals surface area contributed by atoms with Gasteiger partial charge in [0.1, 0.15) is 0 Å². The number of carbonyl (C=O) groups is 2. The number of hydrogen-bond donors (Lipinski definition) is 0. The summed E-state index contributed by atoms with van der Waals surface area (Å²) in [6.45, 7) is 4.31. The Balaban J connectivity index is 2.11. The maximum Gasteiger partial charge on any atom is 0.338 e. The predicted molar refractivity (Wildman–Crippen MR) is 89.2 cm³/mol. The number of benzene rings is 1. The summed E-state index contributed by atoms with van der Waals surface area (Å²) < 4.78 is 31.4. The van der Waals surface area contributed by atoms with E-state index < -0.39 is 22.1 Å². The van der Waals surface area contributed by atoms with Crippen LogP contribution in [-0.4, -0.2) is 43.7 Å². The topological polar surface area (TPSA) is 80.8 Å². The van der Waals surface area contributed by atoms with Gasteiger partial charge in [0.25, 0.3) is 0 Å². The van der Waals surface area contributed by atoms with Gasteiger partial charge in [-0.3, -0.25) is 4.79 Å². The third-order valence-corrected chi connectivity index (χ3v) is 6.25. The lowest BCUT2D eigenvalue weighted by molar-refractivity contribution is -0.129. The van der Waals surface area contributed by atoms with Crippen molar-refractivity contribution in [3.8, 4) is 0 Å². The van der Waals surface area contributed by atoms with E-state index in [1.54, 1.807) is 13.8 Å². The third-order valence-electron chi connectivity index (χ3n) is 4.18. The first-order valence-corrected chi connectivity index (χ1v) is 9.68. The molecule has 0 spiro atoms. The fraction of sp³-hybridized carbons (Fsp3) is 0.529. The van der Waals surface area contributed by atoms with Gasteiger partial charge in [0.2, 0.25) is 10.0 Å². The van der Waals surface area contributed by atoms with E-state index in [1.807, 2.05) is 0 Å². The molecule has 0 heterocycles. The molecule has 2 rings (SSSR count). The molecular weight excluding hydrogens is 330 g/mol. The molecule has 1 atom stereocenters. The first-order chi connectivity index (χ1) is 11.4. The van der Waals surface area contributed by atoms with E-state index >= 15 is 0 Å². The molecule has 24 heavy (non-hydrogen) atoms. The Morgan fingerprint density at radius 3 is 2.33 bits per heavy atom. The zero-order chi connectivity index (χ0) is 17.7. The highest BCUT2D eigenvalue weighted by atomic mass is 32.2. The zero-order valence-corrected chi connectivity index (χ0v) is 14.8. The lowest BCUT2D eigenvalue weighted by Gasteiger charge is -2.21. The molecule has 1 aliphatic rings. The van der Waals surface area contributed by atoms with Crippen molar-refractivity contribution < 1.29 is 22.7 Å². The molecule has 0 saturated heterocycles. The van der Waals surface area contributed by atoms with Crippen LogP contribution >= 0.6 is 0 Å². The molecule has 0 radical (unpaired) electrons. The lowest BCUT2D eigenvalue weighted by Crippen LogP contribution is -2.31. The first-order valence-electron chi connectivity index (χ1n) is 8.24. The highest BCUT2D eigenvalue weighted by Gasteiger charge is 2.27. The molecule has 1 aliphatic carbocycles. The minimum absolute atomic E-state index is 0.0460. The molecular formula is C17H23NO5S. The summed E-state index contributed by atoms with van der Waals surface area (Å²) >= 11 is 0. The van der Waals surface area contributed by atoms with E-state index in [0.29, 0.717) is 25.9 Å². The van der Waals surface area contributed by atoms with Crippen LogP contribution in [-0.2, 0) is 19.6 Å². The number of ketones is 1. The molecule has 6 nitrogen and oxygen atoms in total. The SMILES string of the molecule is CCN(CC)S(=O)(=O)c1ccc(C(=O)O[C@@H]2CCCCC2=O)cc1. The number of Topliss-reactive ketones (excluding diaryl/α,β-unsaturated/α-hetero) is 1. The summed E-state index contributed by atoms with van der Waals surface area (Å²) in [5, 5.41) is 0. The van der Waals surface area contributed by atoms with Crippen molar-refractivity contribution in [1.82, 2.24) is 4.31 Å². The van der Waals surface area contributed by atoms with Crippen LogP contribution in [0.5, 0.6) is 0 Å². The van der Waals surface area contributed by atoms with Crippen molar-refractivity contribution in [2.45, 2.75) is 50.5 Å². The van der Waals surface area contributed by atoms with Crippen molar-refractivity contribution >= 4 is 21.8 Å². The second-order valence-electron chi connectivity index (χ2n) is 5.72. The first kappa shape index (κ1) is 18.6. The third kappa shape index (κ3) is 4.02. The summed E-state index contributed by atoms with van der Waals surface area (Å²) in [4.78, 5) is 24.0. The van der Waals surface area contributed by atoms with Crippen LogP contribution in [0.4, 0.5) is 0 Å². The van der Waals surface area contributed by atoms with Crippen molar-refractivity contribution in [3.05, 3.63) is 29.8 Å². The van der Waals surface area contributed by atoms with Gasteiger partial charge in [0.15, 0.2) is 11.9 Å². The molecule has 0 unspecified atom stereocenters. The van der Waals surface area contributed by atoms with Gasteiger partial charge in [-0.1, -0.05) is 13.8 Å². The van der Waals surface area contributed by atoms with Crippen LogP contribution in [0.2, 0.25) is 0 Å². The van der Waals surface area contributed by atoms with E-state index in [9.17, 15) is 18.0 Å². The quantitative estimate of drug-likeness (QED) is 0.734. The van der Waals surface area contributed by atoms with Gasteiger partial charge in [-0.15, -0.1) is 0 Å². The molecule has 0 aliphatic heterocycles. The predicted octanol–water partition coefficient (Wildman–Crippen LogP) is 2.39. The number of ether oxygens (including phenoxy) is 1. The number of rotatable bonds is 6. The molecule has 7 heteroatoms. The second-order valence-corrected chi connectivity index (χ2v) is 7.66. The molecule has 1 aromatic rings. The van der Waals surface area contributed by atoms with Crippen LogP contribution in [0.3, 0.4) is 0 Å². The largest absolute Gasteiger partial charge is 0.451 e. The summed E-state index contributed by atoms with van der Waals surface area (Å²) in [7, 11) is -3.55. The van der Waals surface area contributed by atoms with Gasteiger partial charge < -0.3 is 4.74 Å². The minimum atomic E-state index is -3.55. The molecule has 1 aromatic carbocycles. The Morgan fingerprint density at radius 1 is 1.17 bits per heavy atom.